The highest BCUT2D eigenvalue weighted by molar-refractivity contribution is 5.58. The lowest BCUT2D eigenvalue weighted by molar-refractivity contribution is 0.576. The number of fused-ring (bicyclic) bond motifs is 1. The summed E-state index contributed by atoms with van der Waals surface area (Å²) in [6.07, 6.45) is 0.875. The van der Waals surface area contributed by atoms with Crippen molar-refractivity contribution in [3.8, 4) is 0 Å². The van der Waals surface area contributed by atoms with Gasteiger partial charge in [0.25, 0.3) is 0 Å². The van der Waals surface area contributed by atoms with Gasteiger partial charge < -0.3 is 10.6 Å². The molecule has 3 rings (SSSR count). The van der Waals surface area contributed by atoms with E-state index in [1.165, 1.54) is 18.2 Å². The molecule has 0 aromatic heterocycles. The first-order valence-corrected chi connectivity index (χ1v) is 6.68. The Bertz CT molecular complexity index is 628. The number of hydrogen-bond acceptors (Lipinski definition) is 2. The average molecular weight is 274 g/mol. The summed E-state index contributed by atoms with van der Waals surface area (Å²) in [4.78, 5) is 2.02. The minimum absolute atomic E-state index is 0.255. The van der Waals surface area contributed by atoms with Crippen LogP contribution in [0.2, 0.25) is 0 Å². The van der Waals surface area contributed by atoms with Crippen LogP contribution in [0.4, 0.5) is 14.5 Å². The molecular formula is C16H16F2N2. The lowest BCUT2D eigenvalue weighted by Gasteiger charge is -2.24. The molecular weight excluding hydrogens is 258 g/mol. The van der Waals surface area contributed by atoms with E-state index in [0.717, 1.165) is 24.2 Å². The molecule has 1 atom stereocenters. The number of anilines is 1. The third kappa shape index (κ3) is 2.39. The summed E-state index contributed by atoms with van der Waals surface area (Å²) in [5.74, 6) is -0.547. The topological polar surface area (TPSA) is 29.3 Å². The molecule has 0 aliphatic carbocycles. The summed E-state index contributed by atoms with van der Waals surface area (Å²) < 4.78 is 27.1. The Kier molecular flexibility index (Phi) is 3.40. The van der Waals surface area contributed by atoms with Crippen molar-refractivity contribution in [1.29, 1.82) is 0 Å². The van der Waals surface area contributed by atoms with Gasteiger partial charge in [0.1, 0.15) is 11.6 Å². The normalized spacial score (nSPS) is 15.2. The third-order valence-electron chi connectivity index (χ3n) is 3.76. The Morgan fingerprint density at radius 1 is 1.15 bits per heavy atom. The largest absolute Gasteiger partial charge is 0.369 e. The highest BCUT2D eigenvalue weighted by Crippen LogP contribution is 2.30. The van der Waals surface area contributed by atoms with Crippen molar-refractivity contribution in [2.24, 2.45) is 5.73 Å². The van der Waals surface area contributed by atoms with Gasteiger partial charge in [0, 0.05) is 24.3 Å². The standard InChI is InChI=1S/C16H16F2N2/c17-12-6-5-11-7-8-20(16(11)9-12)10-15(19)13-3-1-2-4-14(13)18/h1-6,9,15H,7-8,10,19H2. The molecule has 20 heavy (non-hydrogen) atoms. The lowest BCUT2D eigenvalue weighted by Crippen LogP contribution is -2.31. The summed E-state index contributed by atoms with van der Waals surface area (Å²) in [6, 6.07) is 10.9. The van der Waals surface area contributed by atoms with E-state index in [-0.39, 0.29) is 11.6 Å². The first-order valence-electron chi connectivity index (χ1n) is 6.68. The molecule has 104 valence electrons. The van der Waals surface area contributed by atoms with Gasteiger partial charge in [-0.3, -0.25) is 0 Å². The summed E-state index contributed by atoms with van der Waals surface area (Å²) in [5.41, 5.74) is 8.58. The lowest BCUT2D eigenvalue weighted by atomic mass is 10.1. The van der Waals surface area contributed by atoms with Gasteiger partial charge in [-0.2, -0.15) is 0 Å². The van der Waals surface area contributed by atoms with E-state index >= 15 is 0 Å². The molecule has 0 bridgehead atoms. The van der Waals surface area contributed by atoms with E-state index in [4.69, 9.17) is 5.73 Å². The van der Waals surface area contributed by atoms with Crippen molar-refractivity contribution in [2.45, 2.75) is 12.5 Å². The van der Waals surface area contributed by atoms with Crippen molar-refractivity contribution < 1.29 is 8.78 Å². The molecule has 1 aliphatic rings. The van der Waals surface area contributed by atoms with Crippen LogP contribution in [0.25, 0.3) is 0 Å². The molecule has 4 heteroatoms. The molecule has 2 aromatic rings. The molecule has 0 amide bonds. The molecule has 0 fully saturated rings. The van der Waals surface area contributed by atoms with Crippen molar-refractivity contribution in [3.05, 3.63) is 65.2 Å². The highest BCUT2D eigenvalue weighted by atomic mass is 19.1. The van der Waals surface area contributed by atoms with Crippen LogP contribution in [-0.2, 0) is 6.42 Å². The molecule has 0 radical (unpaired) electrons. The zero-order chi connectivity index (χ0) is 14.1. The maximum absolute atomic E-state index is 13.7. The van der Waals surface area contributed by atoms with Gasteiger partial charge in [0.15, 0.2) is 0 Å². The van der Waals surface area contributed by atoms with Crippen LogP contribution in [0.5, 0.6) is 0 Å². The quantitative estimate of drug-likeness (QED) is 0.932. The SMILES string of the molecule is NC(CN1CCc2ccc(F)cc21)c1ccccc1F. The molecule has 2 aromatic carbocycles. The van der Waals surface area contributed by atoms with E-state index in [0.29, 0.717) is 12.1 Å². The van der Waals surface area contributed by atoms with E-state index in [1.54, 1.807) is 24.3 Å². The van der Waals surface area contributed by atoms with Gasteiger partial charge >= 0.3 is 0 Å². The molecule has 2 N–H and O–H groups in total. The summed E-state index contributed by atoms with van der Waals surface area (Å²) in [6.45, 7) is 1.28. The van der Waals surface area contributed by atoms with Crippen LogP contribution in [0, 0.1) is 11.6 Å². The molecule has 1 aliphatic heterocycles. The maximum atomic E-state index is 13.7. The fraction of sp³-hybridized carbons (Fsp3) is 0.250. The summed E-state index contributed by atoms with van der Waals surface area (Å²) >= 11 is 0. The van der Waals surface area contributed by atoms with E-state index in [2.05, 4.69) is 0 Å². The first-order chi connectivity index (χ1) is 9.65. The molecule has 2 nitrogen and oxygen atoms in total. The van der Waals surface area contributed by atoms with Crippen LogP contribution in [-0.4, -0.2) is 13.1 Å². The zero-order valence-corrected chi connectivity index (χ0v) is 11.0. The van der Waals surface area contributed by atoms with Crippen molar-refractivity contribution in [3.63, 3.8) is 0 Å². The first kappa shape index (κ1) is 13.1. The van der Waals surface area contributed by atoms with Crippen molar-refractivity contribution in [1.82, 2.24) is 0 Å². The fourth-order valence-corrected chi connectivity index (χ4v) is 2.72. The van der Waals surface area contributed by atoms with Gasteiger partial charge in [-0.05, 0) is 30.2 Å². The number of hydrogen-bond donors (Lipinski definition) is 1. The van der Waals surface area contributed by atoms with Gasteiger partial charge in [0.2, 0.25) is 0 Å². The number of halogens is 2. The maximum Gasteiger partial charge on any atom is 0.128 e. The van der Waals surface area contributed by atoms with Gasteiger partial charge in [-0.1, -0.05) is 24.3 Å². The fourth-order valence-electron chi connectivity index (χ4n) is 2.72. The van der Waals surface area contributed by atoms with Crippen LogP contribution in [0.3, 0.4) is 0 Å². The minimum atomic E-state index is -0.426. The van der Waals surface area contributed by atoms with Crippen molar-refractivity contribution >= 4 is 5.69 Å². The van der Waals surface area contributed by atoms with Crippen LogP contribution in [0.15, 0.2) is 42.5 Å². The smallest absolute Gasteiger partial charge is 0.128 e. The predicted molar refractivity (Wildman–Crippen MR) is 75.6 cm³/mol. The molecule has 0 saturated heterocycles. The Hall–Kier alpha value is -1.94. The molecule has 1 heterocycles. The van der Waals surface area contributed by atoms with Crippen LogP contribution >= 0.6 is 0 Å². The number of nitrogens with zero attached hydrogens (tertiary/aromatic N) is 1. The predicted octanol–water partition coefficient (Wildman–Crippen LogP) is 3.03. The summed E-state index contributed by atoms with van der Waals surface area (Å²) in [7, 11) is 0. The molecule has 0 saturated carbocycles. The second-order valence-electron chi connectivity index (χ2n) is 5.10. The zero-order valence-electron chi connectivity index (χ0n) is 11.0. The van der Waals surface area contributed by atoms with Gasteiger partial charge in [-0.15, -0.1) is 0 Å². The highest BCUT2D eigenvalue weighted by Gasteiger charge is 2.22. The van der Waals surface area contributed by atoms with Crippen LogP contribution < -0.4 is 10.6 Å². The Morgan fingerprint density at radius 2 is 1.95 bits per heavy atom. The van der Waals surface area contributed by atoms with E-state index in [9.17, 15) is 8.78 Å². The van der Waals surface area contributed by atoms with Gasteiger partial charge in [0.05, 0.1) is 6.04 Å². The average Bonchev–Trinajstić information content (AvgIpc) is 2.82. The number of rotatable bonds is 3. The monoisotopic (exact) mass is 274 g/mol. The second kappa shape index (κ2) is 5.21. The second-order valence-corrected chi connectivity index (χ2v) is 5.10. The van der Waals surface area contributed by atoms with Crippen LogP contribution in [0.1, 0.15) is 17.2 Å². The Labute approximate surface area is 116 Å². The summed E-state index contributed by atoms with van der Waals surface area (Å²) in [5, 5.41) is 0. The van der Waals surface area contributed by atoms with E-state index < -0.39 is 6.04 Å². The Morgan fingerprint density at radius 3 is 2.75 bits per heavy atom. The van der Waals surface area contributed by atoms with Gasteiger partial charge in [-0.25, -0.2) is 8.78 Å². The number of nitrogens with two attached hydrogens (primary N) is 1. The number of benzene rings is 2. The minimum Gasteiger partial charge on any atom is -0.369 e. The van der Waals surface area contributed by atoms with Crippen molar-refractivity contribution in [2.75, 3.05) is 18.0 Å². The van der Waals surface area contributed by atoms with E-state index in [1.807, 2.05) is 4.90 Å². The molecule has 1 unspecified atom stereocenters. The third-order valence-corrected chi connectivity index (χ3v) is 3.76. The Balaban J connectivity index is 1.80. The molecule has 0 spiro atoms.